The van der Waals surface area contributed by atoms with Gasteiger partial charge in [0.25, 0.3) is 0 Å². The molecule has 0 bridgehead atoms. The standard InChI is InChI=1S/C21H34.C2H6/c1-3-6-16-10-12-20-19-11-9-15-7-4-5-8-17(15)18(19)13-14-21(16,20)2;1-2/h3,15-20H,1,4-14H2,2H3;1-2H3/t15?,16?,17-,18?,19?,20?,21?;/m0./s1. The van der Waals surface area contributed by atoms with Gasteiger partial charge >= 0.3 is 0 Å². The Morgan fingerprint density at radius 2 is 1.65 bits per heavy atom. The maximum Gasteiger partial charge on any atom is -0.0263 e. The first kappa shape index (κ1) is 17.6. The summed E-state index contributed by atoms with van der Waals surface area (Å²) in [6, 6.07) is 0. The van der Waals surface area contributed by atoms with Crippen LogP contribution in [0.15, 0.2) is 12.7 Å². The summed E-state index contributed by atoms with van der Waals surface area (Å²) in [6.07, 6.45) is 18.9. The summed E-state index contributed by atoms with van der Waals surface area (Å²) in [5, 5.41) is 0. The Balaban J connectivity index is 0.000000753. The third kappa shape index (κ3) is 2.93. The van der Waals surface area contributed by atoms with Crippen LogP contribution in [-0.4, -0.2) is 0 Å². The molecule has 0 saturated heterocycles. The van der Waals surface area contributed by atoms with Gasteiger partial charge in [-0.3, -0.25) is 0 Å². The highest BCUT2D eigenvalue weighted by Crippen LogP contribution is 2.64. The second kappa shape index (κ2) is 7.32. The van der Waals surface area contributed by atoms with Crippen molar-refractivity contribution in [2.45, 2.75) is 91.4 Å². The second-order valence-corrected chi connectivity index (χ2v) is 9.06. The summed E-state index contributed by atoms with van der Waals surface area (Å²) in [7, 11) is 0. The van der Waals surface area contributed by atoms with Gasteiger partial charge in [0.15, 0.2) is 0 Å². The minimum absolute atomic E-state index is 0.664. The molecule has 23 heavy (non-hydrogen) atoms. The van der Waals surface area contributed by atoms with Crippen molar-refractivity contribution in [2.75, 3.05) is 0 Å². The number of rotatable bonds is 2. The number of hydrogen-bond donors (Lipinski definition) is 0. The molecule has 0 aromatic carbocycles. The van der Waals surface area contributed by atoms with Crippen molar-refractivity contribution in [2.24, 2.45) is 40.9 Å². The van der Waals surface area contributed by atoms with Crippen LogP contribution < -0.4 is 0 Å². The van der Waals surface area contributed by atoms with E-state index in [-0.39, 0.29) is 0 Å². The average molecular weight is 317 g/mol. The molecule has 0 radical (unpaired) electrons. The third-order valence-electron chi connectivity index (χ3n) is 8.53. The van der Waals surface area contributed by atoms with E-state index in [1.165, 1.54) is 38.5 Å². The lowest BCUT2D eigenvalue weighted by atomic mass is 9.49. The average Bonchev–Trinajstić information content (AvgIpc) is 2.94. The van der Waals surface area contributed by atoms with E-state index in [2.05, 4.69) is 19.6 Å². The van der Waals surface area contributed by atoms with E-state index in [4.69, 9.17) is 0 Å². The Hall–Kier alpha value is -0.260. The van der Waals surface area contributed by atoms with E-state index < -0.39 is 0 Å². The third-order valence-corrected chi connectivity index (χ3v) is 8.53. The molecule has 4 saturated carbocycles. The predicted molar refractivity (Wildman–Crippen MR) is 101 cm³/mol. The molecule has 0 aromatic heterocycles. The van der Waals surface area contributed by atoms with Crippen LogP contribution in [0.3, 0.4) is 0 Å². The van der Waals surface area contributed by atoms with Gasteiger partial charge < -0.3 is 0 Å². The smallest absolute Gasteiger partial charge is 0.0263 e. The SMILES string of the molecule is C=CCC1CCC2C3CCC4CCCC[C@@H]4C3CCC12C.CC. The van der Waals surface area contributed by atoms with Crippen LogP contribution in [0.1, 0.15) is 91.4 Å². The highest BCUT2D eigenvalue weighted by molar-refractivity contribution is 5.06. The van der Waals surface area contributed by atoms with Gasteiger partial charge in [-0.15, -0.1) is 6.58 Å². The highest BCUT2D eigenvalue weighted by Gasteiger charge is 2.56. The molecule has 0 heteroatoms. The molecule has 4 rings (SSSR count). The predicted octanol–water partition coefficient (Wildman–Crippen LogP) is 7.25. The summed E-state index contributed by atoms with van der Waals surface area (Å²) in [5.74, 6) is 6.46. The summed E-state index contributed by atoms with van der Waals surface area (Å²) in [6.45, 7) is 10.7. The Morgan fingerprint density at radius 3 is 2.43 bits per heavy atom. The molecule has 132 valence electrons. The number of allylic oxidation sites excluding steroid dienone is 1. The lowest BCUT2D eigenvalue weighted by molar-refractivity contribution is -0.0615. The number of fused-ring (bicyclic) bond motifs is 5. The monoisotopic (exact) mass is 316 g/mol. The zero-order valence-corrected chi connectivity index (χ0v) is 16.0. The Kier molecular flexibility index (Phi) is 5.59. The van der Waals surface area contributed by atoms with Crippen molar-refractivity contribution in [3.05, 3.63) is 12.7 Å². The molecular weight excluding hydrogens is 276 g/mol. The van der Waals surface area contributed by atoms with Crippen molar-refractivity contribution >= 4 is 0 Å². The largest absolute Gasteiger partial charge is 0.103 e. The molecule has 4 aliphatic carbocycles. The Labute approximate surface area is 145 Å². The fourth-order valence-electron chi connectivity index (χ4n) is 7.53. The van der Waals surface area contributed by atoms with Crippen molar-refractivity contribution in [1.82, 2.24) is 0 Å². The van der Waals surface area contributed by atoms with Crippen LogP contribution in [0, 0.1) is 40.9 Å². The fraction of sp³-hybridized carbons (Fsp3) is 0.913. The van der Waals surface area contributed by atoms with Gasteiger partial charge in [-0.2, -0.15) is 0 Å². The zero-order valence-electron chi connectivity index (χ0n) is 16.0. The van der Waals surface area contributed by atoms with E-state index in [9.17, 15) is 0 Å². The van der Waals surface area contributed by atoms with Crippen LogP contribution in [-0.2, 0) is 0 Å². The van der Waals surface area contributed by atoms with Crippen LogP contribution in [0.25, 0.3) is 0 Å². The zero-order chi connectivity index (χ0) is 16.4. The van der Waals surface area contributed by atoms with Crippen LogP contribution >= 0.6 is 0 Å². The van der Waals surface area contributed by atoms with Gasteiger partial charge in [0.05, 0.1) is 0 Å². The first-order valence-electron chi connectivity index (χ1n) is 10.8. The summed E-state index contributed by atoms with van der Waals surface area (Å²) in [5.41, 5.74) is 0.664. The topological polar surface area (TPSA) is 0 Å². The molecule has 7 atom stereocenters. The Bertz CT molecular complexity index is 397. The molecule has 4 fully saturated rings. The van der Waals surface area contributed by atoms with Crippen LogP contribution in [0.2, 0.25) is 0 Å². The van der Waals surface area contributed by atoms with E-state index >= 15 is 0 Å². The molecule has 0 aliphatic heterocycles. The second-order valence-electron chi connectivity index (χ2n) is 9.06. The van der Waals surface area contributed by atoms with Gasteiger partial charge in [-0.25, -0.2) is 0 Å². The molecular formula is C23H40. The maximum absolute atomic E-state index is 4.03. The van der Waals surface area contributed by atoms with Crippen molar-refractivity contribution in [3.8, 4) is 0 Å². The fourth-order valence-corrected chi connectivity index (χ4v) is 7.53. The maximum atomic E-state index is 4.03. The molecule has 0 spiro atoms. The minimum Gasteiger partial charge on any atom is -0.103 e. The molecule has 0 nitrogen and oxygen atoms in total. The first-order chi connectivity index (χ1) is 11.2. The van der Waals surface area contributed by atoms with Crippen molar-refractivity contribution in [3.63, 3.8) is 0 Å². The van der Waals surface area contributed by atoms with E-state index in [0.29, 0.717) is 5.41 Å². The van der Waals surface area contributed by atoms with Gasteiger partial charge in [-0.05, 0) is 92.3 Å². The Morgan fingerprint density at radius 1 is 0.870 bits per heavy atom. The minimum atomic E-state index is 0.664. The summed E-state index contributed by atoms with van der Waals surface area (Å²) in [4.78, 5) is 0. The van der Waals surface area contributed by atoms with Gasteiger partial charge in [0, 0.05) is 0 Å². The first-order valence-corrected chi connectivity index (χ1v) is 10.8. The van der Waals surface area contributed by atoms with Gasteiger partial charge in [-0.1, -0.05) is 46.1 Å². The van der Waals surface area contributed by atoms with E-state index in [1.807, 2.05) is 13.8 Å². The molecule has 0 heterocycles. The lowest BCUT2D eigenvalue weighted by Crippen LogP contribution is -2.47. The molecule has 6 unspecified atom stereocenters. The van der Waals surface area contributed by atoms with Crippen molar-refractivity contribution < 1.29 is 0 Å². The quantitative estimate of drug-likeness (QED) is 0.471. The highest BCUT2D eigenvalue weighted by atomic mass is 14.6. The van der Waals surface area contributed by atoms with E-state index in [1.54, 1.807) is 32.1 Å². The van der Waals surface area contributed by atoms with Crippen LogP contribution in [0.4, 0.5) is 0 Å². The molecule has 0 aromatic rings. The molecule has 0 N–H and O–H groups in total. The lowest BCUT2D eigenvalue weighted by Gasteiger charge is -2.55. The normalized spacial score (nSPS) is 48.3. The summed E-state index contributed by atoms with van der Waals surface area (Å²) < 4.78 is 0. The van der Waals surface area contributed by atoms with Gasteiger partial charge in [0.1, 0.15) is 0 Å². The van der Waals surface area contributed by atoms with Gasteiger partial charge in [0.2, 0.25) is 0 Å². The van der Waals surface area contributed by atoms with Crippen molar-refractivity contribution in [1.29, 1.82) is 0 Å². The molecule has 4 aliphatic rings. The number of hydrogen-bond acceptors (Lipinski definition) is 0. The van der Waals surface area contributed by atoms with Crippen LogP contribution in [0.5, 0.6) is 0 Å². The summed E-state index contributed by atoms with van der Waals surface area (Å²) >= 11 is 0. The van der Waals surface area contributed by atoms with E-state index in [0.717, 1.165) is 35.5 Å². The molecule has 0 amide bonds.